The van der Waals surface area contributed by atoms with Crippen molar-refractivity contribution >= 4 is 5.91 Å². The molecule has 1 amide bonds. The maximum Gasteiger partial charge on any atom is 0.251 e. The van der Waals surface area contributed by atoms with Gasteiger partial charge in [0.1, 0.15) is 5.82 Å². The van der Waals surface area contributed by atoms with Crippen molar-refractivity contribution in [1.82, 2.24) is 10.2 Å². The molecular weight excluding hydrogens is 279 g/mol. The molecular formula is C18H25FN2O. The summed E-state index contributed by atoms with van der Waals surface area (Å²) in [5, 5.41) is 3.12. The summed E-state index contributed by atoms with van der Waals surface area (Å²) in [4.78, 5) is 14.9. The Morgan fingerprint density at radius 2 is 2.05 bits per heavy atom. The van der Waals surface area contributed by atoms with Crippen molar-refractivity contribution in [2.45, 2.75) is 63.6 Å². The summed E-state index contributed by atoms with van der Waals surface area (Å²) in [6, 6.07) is 7.36. The van der Waals surface area contributed by atoms with Gasteiger partial charge in [-0.1, -0.05) is 19.4 Å². The van der Waals surface area contributed by atoms with Crippen LogP contribution in [0.15, 0.2) is 24.3 Å². The van der Waals surface area contributed by atoms with Crippen molar-refractivity contribution in [3.63, 3.8) is 0 Å². The van der Waals surface area contributed by atoms with Gasteiger partial charge in [-0.3, -0.25) is 9.69 Å². The lowest BCUT2D eigenvalue weighted by Gasteiger charge is -2.49. The van der Waals surface area contributed by atoms with Crippen molar-refractivity contribution in [2.75, 3.05) is 6.54 Å². The first-order chi connectivity index (χ1) is 10.7. The van der Waals surface area contributed by atoms with Crippen LogP contribution in [0.25, 0.3) is 0 Å². The molecule has 4 heteroatoms. The number of rotatable bonds is 4. The van der Waals surface area contributed by atoms with E-state index in [4.69, 9.17) is 0 Å². The third-order valence-corrected chi connectivity index (χ3v) is 5.03. The Morgan fingerprint density at radius 3 is 2.68 bits per heavy atom. The van der Waals surface area contributed by atoms with Crippen LogP contribution in [0.1, 0.15) is 55.8 Å². The molecule has 3 rings (SSSR count). The summed E-state index contributed by atoms with van der Waals surface area (Å²) in [6.45, 7) is 3.40. The molecule has 0 spiro atoms. The van der Waals surface area contributed by atoms with Crippen LogP contribution in [0.5, 0.6) is 0 Å². The Labute approximate surface area is 131 Å². The fraction of sp³-hybridized carbons (Fsp3) is 0.611. The quantitative estimate of drug-likeness (QED) is 0.925. The molecule has 2 aliphatic heterocycles. The number of carbonyl (C=O) groups excluding carboxylic acids is 1. The summed E-state index contributed by atoms with van der Waals surface area (Å²) in [5.74, 6) is -0.506. The van der Waals surface area contributed by atoms with E-state index in [0.29, 0.717) is 17.6 Å². The second kappa shape index (κ2) is 6.78. The van der Waals surface area contributed by atoms with Crippen LogP contribution in [0.4, 0.5) is 4.39 Å². The van der Waals surface area contributed by atoms with E-state index in [-0.39, 0.29) is 17.8 Å². The van der Waals surface area contributed by atoms with Crippen molar-refractivity contribution in [3.8, 4) is 0 Å². The number of hydrogen-bond acceptors (Lipinski definition) is 2. The molecule has 2 heterocycles. The van der Waals surface area contributed by atoms with Gasteiger partial charge < -0.3 is 5.32 Å². The van der Waals surface area contributed by atoms with Crippen molar-refractivity contribution < 1.29 is 9.18 Å². The highest BCUT2D eigenvalue weighted by Gasteiger charge is 2.38. The second-order valence-corrected chi connectivity index (χ2v) is 6.63. The number of nitrogens with one attached hydrogen (secondary N) is 1. The lowest BCUT2D eigenvalue weighted by molar-refractivity contribution is 0.0245. The molecule has 0 radical (unpaired) electrons. The van der Waals surface area contributed by atoms with Gasteiger partial charge in [0.2, 0.25) is 0 Å². The summed E-state index contributed by atoms with van der Waals surface area (Å²) in [6.07, 6.45) is 7.02. The predicted molar refractivity (Wildman–Crippen MR) is 85.3 cm³/mol. The number of halogens is 1. The van der Waals surface area contributed by atoms with E-state index in [1.807, 2.05) is 0 Å². The first kappa shape index (κ1) is 15.5. The van der Waals surface area contributed by atoms with Crippen LogP contribution in [-0.4, -0.2) is 35.5 Å². The Morgan fingerprint density at radius 1 is 1.32 bits per heavy atom. The van der Waals surface area contributed by atoms with E-state index in [1.54, 1.807) is 12.1 Å². The first-order valence-electron chi connectivity index (χ1n) is 8.49. The molecule has 2 saturated heterocycles. The zero-order chi connectivity index (χ0) is 15.5. The number of piperidine rings is 2. The van der Waals surface area contributed by atoms with E-state index in [0.717, 1.165) is 12.8 Å². The van der Waals surface area contributed by atoms with Crippen LogP contribution in [0.3, 0.4) is 0 Å². The number of amides is 1. The molecule has 3 nitrogen and oxygen atoms in total. The molecule has 1 unspecified atom stereocenters. The third-order valence-electron chi connectivity index (χ3n) is 5.03. The minimum atomic E-state index is -0.359. The van der Waals surface area contributed by atoms with Gasteiger partial charge in [-0.25, -0.2) is 4.39 Å². The summed E-state index contributed by atoms with van der Waals surface area (Å²) >= 11 is 0. The van der Waals surface area contributed by atoms with Gasteiger partial charge in [0, 0.05) is 23.7 Å². The highest BCUT2D eigenvalue weighted by atomic mass is 19.1. The minimum Gasteiger partial charge on any atom is -0.349 e. The van der Waals surface area contributed by atoms with E-state index in [2.05, 4.69) is 17.1 Å². The first-order valence-corrected chi connectivity index (χ1v) is 8.49. The molecule has 1 aromatic carbocycles. The Hall–Kier alpha value is -1.42. The predicted octanol–water partition coefficient (Wildman–Crippen LogP) is 3.35. The fourth-order valence-electron chi connectivity index (χ4n) is 4.12. The molecule has 120 valence electrons. The molecule has 22 heavy (non-hydrogen) atoms. The minimum absolute atomic E-state index is 0.147. The van der Waals surface area contributed by atoms with Crippen LogP contribution in [0.2, 0.25) is 0 Å². The van der Waals surface area contributed by atoms with Gasteiger partial charge in [0.25, 0.3) is 5.91 Å². The maximum absolute atomic E-state index is 13.2. The zero-order valence-electron chi connectivity index (χ0n) is 13.2. The van der Waals surface area contributed by atoms with Crippen molar-refractivity contribution in [1.29, 1.82) is 0 Å². The van der Waals surface area contributed by atoms with E-state index in [1.165, 1.54) is 44.4 Å². The lowest BCUT2D eigenvalue weighted by Crippen LogP contribution is -2.57. The smallest absolute Gasteiger partial charge is 0.251 e. The number of benzene rings is 1. The van der Waals surface area contributed by atoms with E-state index in [9.17, 15) is 9.18 Å². The number of nitrogens with zero attached hydrogens (tertiary/aromatic N) is 1. The Balaban J connectivity index is 1.63. The molecule has 0 aliphatic carbocycles. The van der Waals surface area contributed by atoms with E-state index >= 15 is 0 Å². The topological polar surface area (TPSA) is 32.3 Å². The third kappa shape index (κ3) is 3.32. The molecule has 2 fully saturated rings. The van der Waals surface area contributed by atoms with E-state index < -0.39 is 0 Å². The normalized spacial score (nSPS) is 28.4. The van der Waals surface area contributed by atoms with Crippen molar-refractivity contribution in [2.24, 2.45) is 0 Å². The highest BCUT2D eigenvalue weighted by Crippen LogP contribution is 2.34. The second-order valence-electron chi connectivity index (χ2n) is 6.63. The average Bonchev–Trinajstić information content (AvgIpc) is 2.48. The Bertz CT molecular complexity index is 520. The van der Waals surface area contributed by atoms with Crippen LogP contribution in [0, 0.1) is 5.82 Å². The number of carbonyl (C=O) groups is 1. The Kier molecular flexibility index (Phi) is 4.77. The lowest BCUT2D eigenvalue weighted by atomic mass is 9.81. The summed E-state index contributed by atoms with van der Waals surface area (Å²) in [5.41, 5.74) is 0.418. The average molecular weight is 304 g/mol. The monoisotopic (exact) mass is 304 g/mol. The zero-order valence-corrected chi connectivity index (χ0v) is 13.2. The van der Waals surface area contributed by atoms with Gasteiger partial charge in [-0.05, 0) is 56.8 Å². The van der Waals surface area contributed by atoms with Crippen LogP contribution >= 0.6 is 0 Å². The number of hydrogen-bond donors (Lipinski definition) is 1. The number of fused-ring (bicyclic) bond motifs is 2. The van der Waals surface area contributed by atoms with Gasteiger partial charge in [0.15, 0.2) is 0 Å². The molecule has 3 atom stereocenters. The van der Waals surface area contributed by atoms with Gasteiger partial charge in [-0.15, -0.1) is 0 Å². The van der Waals surface area contributed by atoms with Crippen LogP contribution < -0.4 is 5.32 Å². The SMILES string of the molecule is CCCN1[C@@H]2CCC[C@H]1CC(NC(=O)c1cccc(F)c1)C2. The van der Waals surface area contributed by atoms with Crippen molar-refractivity contribution in [3.05, 3.63) is 35.6 Å². The fourth-order valence-corrected chi connectivity index (χ4v) is 4.12. The van der Waals surface area contributed by atoms with Gasteiger partial charge in [-0.2, -0.15) is 0 Å². The standard InChI is InChI=1S/C18H25FN2O/c1-2-9-21-16-7-4-8-17(21)12-15(11-16)20-18(22)13-5-3-6-14(19)10-13/h3,5-6,10,15-17H,2,4,7-9,11-12H2,1H3,(H,20,22)/t15?,16-,17+. The molecule has 0 aromatic heterocycles. The van der Waals surface area contributed by atoms with Gasteiger partial charge >= 0.3 is 0 Å². The molecule has 0 saturated carbocycles. The molecule has 1 aromatic rings. The summed E-state index contributed by atoms with van der Waals surface area (Å²) in [7, 11) is 0. The van der Waals surface area contributed by atoms with Gasteiger partial charge in [0.05, 0.1) is 0 Å². The highest BCUT2D eigenvalue weighted by molar-refractivity contribution is 5.94. The maximum atomic E-state index is 13.2. The molecule has 2 bridgehead atoms. The molecule has 2 aliphatic rings. The van der Waals surface area contributed by atoms with Crippen LogP contribution in [-0.2, 0) is 0 Å². The largest absolute Gasteiger partial charge is 0.349 e. The molecule has 1 N–H and O–H groups in total. The summed E-state index contributed by atoms with van der Waals surface area (Å²) < 4.78 is 13.2.